The van der Waals surface area contributed by atoms with Crippen LogP contribution >= 0.6 is 0 Å². The number of amidine groups is 1. The molecule has 3 aliphatic rings. The van der Waals surface area contributed by atoms with Gasteiger partial charge in [0.2, 0.25) is 0 Å². The topological polar surface area (TPSA) is 128 Å². The Labute approximate surface area is 242 Å². The first kappa shape index (κ1) is 30.7. The van der Waals surface area contributed by atoms with E-state index >= 15 is 0 Å². The molecule has 0 aliphatic carbocycles. The molecule has 3 saturated heterocycles. The highest BCUT2D eigenvalue weighted by Gasteiger charge is 2.34. The predicted octanol–water partition coefficient (Wildman–Crippen LogP) is 2.51. The smallest absolute Gasteiger partial charge is 0.414 e. The number of hydrogen-bond donors (Lipinski definition) is 2. The molecule has 2 N–H and O–H groups in total. The van der Waals surface area contributed by atoms with Crippen LogP contribution in [0.1, 0.15) is 44.6 Å². The number of benzene rings is 1. The van der Waals surface area contributed by atoms with Crippen molar-refractivity contribution in [2.24, 2.45) is 0 Å². The fourth-order valence-electron chi connectivity index (χ4n) is 5.23. The molecule has 1 aromatic rings. The second-order valence-electron chi connectivity index (χ2n) is 11.0. The first-order valence-electron chi connectivity index (χ1n) is 14.7. The molecule has 3 fully saturated rings. The maximum absolute atomic E-state index is 12.6. The molecule has 3 heterocycles. The first-order chi connectivity index (χ1) is 19.8. The lowest BCUT2D eigenvalue weighted by Gasteiger charge is -2.35. The third kappa shape index (κ3) is 9.40. The number of nitrogens with one attached hydrogen (secondary N) is 2. The van der Waals surface area contributed by atoms with Crippen LogP contribution in [0.5, 0.6) is 0 Å². The highest BCUT2D eigenvalue weighted by molar-refractivity contribution is 6.04. The van der Waals surface area contributed by atoms with Crippen LogP contribution < -0.4 is 10.2 Å². The van der Waals surface area contributed by atoms with Crippen molar-refractivity contribution >= 4 is 29.7 Å². The zero-order valence-electron chi connectivity index (χ0n) is 24.3. The van der Waals surface area contributed by atoms with E-state index in [1.165, 1.54) is 0 Å². The molecule has 0 aromatic heterocycles. The molecular formula is C29H44N6O6. The van der Waals surface area contributed by atoms with Gasteiger partial charge in [-0.15, -0.1) is 0 Å². The lowest BCUT2D eigenvalue weighted by atomic mass is 10.1. The number of cyclic esters (lactones) is 1. The predicted molar refractivity (Wildman–Crippen MR) is 154 cm³/mol. The van der Waals surface area contributed by atoms with Gasteiger partial charge in [0.25, 0.3) is 0 Å². The molecule has 12 heteroatoms. The summed E-state index contributed by atoms with van der Waals surface area (Å²) in [6.07, 6.45) is 2.51. The molecule has 0 bridgehead atoms. The van der Waals surface area contributed by atoms with Crippen LogP contribution in [-0.2, 0) is 19.0 Å². The van der Waals surface area contributed by atoms with Crippen LogP contribution in [0.3, 0.4) is 0 Å². The summed E-state index contributed by atoms with van der Waals surface area (Å²) in [5.74, 6) is -0.186. The van der Waals surface area contributed by atoms with Crippen molar-refractivity contribution in [1.29, 1.82) is 5.41 Å². The number of carbonyl (C=O) groups is 3. The maximum atomic E-state index is 12.6. The van der Waals surface area contributed by atoms with Crippen molar-refractivity contribution in [2.75, 3.05) is 77.5 Å². The van der Waals surface area contributed by atoms with Gasteiger partial charge < -0.3 is 24.0 Å². The zero-order chi connectivity index (χ0) is 29.2. The Bertz CT molecular complexity index is 1040. The quantitative estimate of drug-likeness (QED) is 0.135. The van der Waals surface area contributed by atoms with Gasteiger partial charge in [-0.2, -0.15) is 0 Å². The summed E-state index contributed by atoms with van der Waals surface area (Å²) in [6.45, 7) is 9.55. The van der Waals surface area contributed by atoms with E-state index in [0.717, 1.165) is 65.0 Å². The third-order valence-corrected chi connectivity index (χ3v) is 7.83. The standard InChI is InChI=1S/C29H44N6O6/c1-3-4-19-39-26(36)11-14-33-15-17-34(18-16-33)20-25-21-35(29(38)41-25)23-7-5-22(6-8-23)27(30)31-28(37)40-24-9-12-32(2)13-10-24/h5-8,24-25H,3-4,9-21H2,1-2H3,(H2,30,31,37). The summed E-state index contributed by atoms with van der Waals surface area (Å²) >= 11 is 0. The molecule has 4 rings (SSSR count). The van der Waals surface area contributed by atoms with Gasteiger partial charge in [-0.1, -0.05) is 13.3 Å². The number of likely N-dealkylation sites (tertiary alicyclic amines) is 1. The normalized spacial score (nSPS) is 21.0. The number of carbonyl (C=O) groups excluding carboxylic acids is 3. The Morgan fingerprint density at radius 1 is 1.05 bits per heavy atom. The van der Waals surface area contributed by atoms with E-state index in [9.17, 15) is 14.4 Å². The second kappa shape index (κ2) is 15.1. The van der Waals surface area contributed by atoms with Crippen LogP contribution in [0, 0.1) is 5.41 Å². The number of esters is 1. The molecule has 1 unspecified atom stereocenters. The molecule has 2 amide bonds. The molecule has 0 saturated carbocycles. The fourth-order valence-corrected chi connectivity index (χ4v) is 5.23. The van der Waals surface area contributed by atoms with Gasteiger partial charge in [-0.3, -0.25) is 25.3 Å². The highest BCUT2D eigenvalue weighted by atomic mass is 16.6. The number of ether oxygens (including phenoxy) is 3. The maximum Gasteiger partial charge on any atom is 0.414 e. The van der Waals surface area contributed by atoms with E-state index in [1.54, 1.807) is 29.2 Å². The van der Waals surface area contributed by atoms with Gasteiger partial charge >= 0.3 is 18.2 Å². The van der Waals surface area contributed by atoms with Gasteiger partial charge in [0.1, 0.15) is 18.0 Å². The van der Waals surface area contributed by atoms with Crippen molar-refractivity contribution in [3.63, 3.8) is 0 Å². The van der Waals surface area contributed by atoms with Crippen molar-refractivity contribution in [3.05, 3.63) is 29.8 Å². The lowest BCUT2D eigenvalue weighted by Crippen LogP contribution is -2.49. The molecule has 1 aromatic carbocycles. The molecule has 12 nitrogen and oxygen atoms in total. The minimum atomic E-state index is -0.620. The number of anilines is 1. The number of nitrogens with zero attached hydrogens (tertiary/aromatic N) is 4. The van der Waals surface area contributed by atoms with E-state index < -0.39 is 12.2 Å². The van der Waals surface area contributed by atoms with Crippen LogP contribution in [0.4, 0.5) is 15.3 Å². The Hall–Kier alpha value is -3.22. The Kier molecular flexibility index (Phi) is 11.3. The Morgan fingerprint density at radius 2 is 1.73 bits per heavy atom. The molecule has 3 aliphatic heterocycles. The summed E-state index contributed by atoms with van der Waals surface area (Å²) in [4.78, 5) is 45.1. The van der Waals surface area contributed by atoms with E-state index in [0.29, 0.717) is 43.9 Å². The van der Waals surface area contributed by atoms with E-state index in [-0.39, 0.29) is 24.0 Å². The number of amides is 2. The van der Waals surface area contributed by atoms with Crippen molar-refractivity contribution in [1.82, 2.24) is 20.0 Å². The zero-order valence-corrected chi connectivity index (χ0v) is 24.3. The highest BCUT2D eigenvalue weighted by Crippen LogP contribution is 2.23. The number of unbranched alkanes of at least 4 members (excludes halogenated alkanes) is 1. The fraction of sp³-hybridized carbons (Fsp3) is 0.655. The van der Waals surface area contributed by atoms with Gasteiger partial charge in [-0.05, 0) is 50.6 Å². The average Bonchev–Trinajstić information content (AvgIpc) is 3.33. The third-order valence-electron chi connectivity index (χ3n) is 7.83. The van der Waals surface area contributed by atoms with Crippen LogP contribution in [0.15, 0.2) is 24.3 Å². The van der Waals surface area contributed by atoms with E-state index in [1.807, 2.05) is 7.05 Å². The van der Waals surface area contributed by atoms with Gasteiger partial charge in [0.05, 0.1) is 19.6 Å². The first-order valence-corrected chi connectivity index (χ1v) is 14.7. The lowest BCUT2D eigenvalue weighted by molar-refractivity contribution is -0.144. The van der Waals surface area contributed by atoms with Crippen LogP contribution in [0.25, 0.3) is 0 Å². The largest absolute Gasteiger partial charge is 0.466 e. The van der Waals surface area contributed by atoms with Crippen molar-refractivity contribution in [3.8, 4) is 0 Å². The summed E-state index contributed by atoms with van der Waals surface area (Å²) in [5, 5.41) is 10.7. The summed E-state index contributed by atoms with van der Waals surface area (Å²) in [7, 11) is 2.04. The van der Waals surface area contributed by atoms with Gasteiger partial charge in [0, 0.05) is 63.6 Å². The Balaban J connectivity index is 1.16. The number of piperazine rings is 1. The van der Waals surface area contributed by atoms with Crippen LogP contribution in [0.2, 0.25) is 0 Å². The average molecular weight is 573 g/mol. The minimum absolute atomic E-state index is 0.0520. The summed E-state index contributed by atoms with van der Waals surface area (Å²) in [6, 6.07) is 6.91. The molecule has 226 valence electrons. The van der Waals surface area contributed by atoms with Crippen molar-refractivity contribution in [2.45, 2.75) is 51.2 Å². The number of hydrogen-bond acceptors (Lipinski definition) is 10. The SMILES string of the molecule is CCCCOC(=O)CCN1CCN(CC2CN(c3ccc(C(=N)NC(=O)OC4CCN(C)CC4)cc3)C(=O)O2)CC1. The monoisotopic (exact) mass is 572 g/mol. The summed E-state index contributed by atoms with van der Waals surface area (Å²) in [5.41, 5.74) is 1.20. The molecular weight excluding hydrogens is 528 g/mol. The molecule has 1 atom stereocenters. The van der Waals surface area contributed by atoms with E-state index in [4.69, 9.17) is 19.6 Å². The van der Waals surface area contributed by atoms with E-state index in [2.05, 4.69) is 26.9 Å². The molecule has 0 radical (unpaired) electrons. The molecule has 41 heavy (non-hydrogen) atoms. The number of piperidine rings is 1. The number of alkyl carbamates (subject to hydrolysis) is 1. The van der Waals surface area contributed by atoms with Gasteiger partial charge in [-0.25, -0.2) is 9.59 Å². The molecule has 0 spiro atoms. The Morgan fingerprint density at radius 3 is 2.41 bits per heavy atom. The van der Waals surface area contributed by atoms with Gasteiger partial charge in [0.15, 0.2) is 0 Å². The number of rotatable bonds is 11. The van der Waals surface area contributed by atoms with Crippen LogP contribution in [-0.4, -0.2) is 123 Å². The summed E-state index contributed by atoms with van der Waals surface area (Å²) < 4.78 is 16.3. The van der Waals surface area contributed by atoms with Crippen molar-refractivity contribution < 1.29 is 28.6 Å². The second-order valence-corrected chi connectivity index (χ2v) is 11.0. The minimum Gasteiger partial charge on any atom is -0.466 e.